The maximum Gasteiger partial charge on any atom is 0.153 e. The molecular weight excluding hydrogens is 326 g/mol. The minimum absolute atomic E-state index is 0.153. The van der Waals surface area contributed by atoms with Gasteiger partial charge in [0.1, 0.15) is 17.2 Å². The van der Waals surface area contributed by atoms with Crippen molar-refractivity contribution in [1.82, 2.24) is 9.97 Å². The fourth-order valence-corrected chi connectivity index (χ4v) is 2.80. The van der Waals surface area contributed by atoms with Crippen LogP contribution in [0.2, 0.25) is 0 Å². The lowest BCUT2D eigenvalue weighted by atomic mass is 10.1. The average Bonchev–Trinajstić information content (AvgIpc) is 2.67. The van der Waals surface area contributed by atoms with Crippen molar-refractivity contribution in [2.45, 2.75) is 6.54 Å². The van der Waals surface area contributed by atoms with Crippen LogP contribution in [-0.4, -0.2) is 20.2 Å². The summed E-state index contributed by atoms with van der Waals surface area (Å²) < 4.78 is 0. The van der Waals surface area contributed by atoms with Crippen LogP contribution < -0.4 is 5.32 Å². The lowest BCUT2D eigenvalue weighted by Crippen LogP contribution is -2.05. The number of phenols is 2. The minimum atomic E-state index is 0.153. The summed E-state index contributed by atoms with van der Waals surface area (Å²) in [6, 6.07) is 21.9. The van der Waals surface area contributed by atoms with Crippen LogP contribution in [0.5, 0.6) is 11.5 Å². The Bertz CT molecular complexity index is 1070. The summed E-state index contributed by atoms with van der Waals surface area (Å²) in [5.41, 5.74) is 3.70. The highest BCUT2D eigenvalue weighted by Gasteiger charge is 2.12. The zero-order chi connectivity index (χ0) is 17.9. The number of rotatable bonds is 4. The number of benzene rings is 3. The number of hydrogen-bond donors (Lipinski definition) is 3. The third-order valence-corrected chi connectivity index (χ3v) is 4.13. The van der Waals surface area contributed by atoms with Crippen molar-refractivity contribution in [1.29, 1.82) is 0 Å². The molecule has 0 saturated heterocycles. The zero-order valence-corrected chi connectivity index (χ0v) is 13.9. The van der Waals surface area contributed by atoms with E-state index in [0.29, 0.717) is 29.1 Å². The summed E-state index contributed by atoms with van der Waals surface area (Å²) in [5, 5.41) is 23.0. The van der Waals surface area contributed by atoms with Gasteiger partial charge in [0.05, 0.1) is 11.0 Å². The monoisotopic (exact) mass is 343 g/mol. The molecule has 1 heterocycles. The van der Waals surface area contributed by atoms with Crippen LogP contribution in [-0.2, 0) is 6.54 Å². The van der Waals surface area contributed by atoms with E-state index in [9.17, 15) is 10.2 Å². The van der Waals surface area contributed by atoms with Crippen molar-refractivity contribution in [3.05, 3.63) is 78.4 Å². The van der Waals surface area contributed by atoms with E-state index in [2.05, 4.69) is 10.3 Å². The van der Waals surface area contributed by atoms with Gasteiger partial charge in [-0.25, -0.2) is 9.97 Å². The van der Waals surface area contributed by atoms with Crippen molar-refractivity contribution in [2.24, 2.45) is 0 Å². The van der Waals surface area contributed by atoms with Gasteiger partial charge in [0.15, 0.2) is 5.82 Å². The van der Waals surface area contributed by atoms with E-state index in [1.807, 2.05) is 42.5 Å². The van der Waals surface area contributed by atoms with Gasteiger partial charge in [0, 0.05) is 23.7 Å². The van der Waals surface area contributed by atoms with Crippen LogP contribution in [0.1, 0.15) is 5.56 Å². The average molecular weight is 343 g/mol. The van der Waals surface area contributed by atoms with Gasteiger partial charge in [-0.1, -0.05) is 48.5 Å². The molecule has 0 amide bonds. The van der Waals surface area contributed by atoms with Gasteiger partial charge in [0.2, 0.25) is 0 Å². The maximum absolute atomic E-state index is 9.97. The highest BCUT2D eigenvalue weighted by atomic mass is 16.3. The van der Waals surface area contributed by atoms with E-state index < -0.39 is 0 Å². The van der Waals surface area contributed by atoms with Crippen LogP contribution in [0.15, 0.2) is 72.8 Å². The molecule has 0 spiro atoms. The summed E-state index contributed by atoms with van der Waals surface area (Å²) in [6.07, 6.45) is 0. The van der Waals surface area contributed by atoms with Crippen LogP contribution in [0, 0.1) is 0 Å². The highest BCUT2D eigenvalue weighted by Crippen LogP contribution is 2.29. The molecule has 0 fully saturated rings. The molecule has 0 unspecified atom stereocenters. The Kier molecular flexibility index (Phi) is 4.11. The van der Waals surface area contributed by atoms with E-state index in [-0.39, 0.29) is 11.5 Å². The van der Waals surface area contributed by atoms with Crippen LogP contribution >= 0.6 is 0 Å². The molecule has 0 aliphatic heterocycles. The van der Waals surface area contributed by atoms with Crippen molar-refractivity contribution < 1.29 is 10.2 Å². The quantitative estimate of drug-likeness (QED) is 0.514. The Hall–Kier alpha value is -3.60. The molecule has 128 valence electrons. The van der Waals surface area contributed by atoms with Crippen LogP contribution in [0.3, 0.4) is 0 Å². The van der Waals surface area contributed by atoms with Gasteiger partial charge < -0.3 is 15.5 Å². The van der Waals surface area contributed by atoms with Gasteiger partial charge >= 0.3 is 0 Å². The Morgan fingerprint density at radius 1 is 0.769 bits per heavy atom. The lowest BCUT2D eigenvalue weighted by Gasteiger charge is -2.13. The van der Waals surface area contributed by atoms with Crippen molar-refractivity contribution in [3.63, 3.8) is 0 Å². The predicted molar refractivity (Wildman–Crippen MR) is 102 cm³/mol. The third kappa shape index (κ3) is 3.15. The summed E-state index contributed by atoms with van der Waals surface area (Å²) in [5.74, 6) is 1.01. The highest BCUT2D eigenvalue weighted by molar-refractivity contribution is 5.84. The van der Waals surface area contributed by atoms with Gasteiger partial charge in [-0.2, -0.15) is 0 Å². The van der Waals surface area contributed by atoms with Crippen LogP contribution in [0.25, 0.3) is 22.3 Å². The first kappa shape index (κ1) is 15.9. The summed E-state index contributed by atoms with van der Waals surface area (Å²) in [4.78, 5) is 9.36. The molecule has 0 bridgehead atoms. The number of aromatic hydroxyl groups is 2. The fourth-order valence-electron chi connectivity index (χ4n) is 2.80. The second-order valence-electron chi connectivity index (χ2n) is 5.94. The molecule has 3 aromatic carbocycles. The molecule has 0 aliphatic carbocycles. The number of aromatic nitrogens is 2. The second kappa shape index (κ2) is 6.72. The third-order valence-electron chi connectivity index (χ3n) is 4.13. The zero-order valence-electron chi connectivity index (χ0n) is 13.9. The molecule has 4 rings (SSSR count). The molecule has 3 N–H and O–H groups in total. The maximum atomic E-state index is 9.97. The Balaban J connectivity index is 1.78. The predicted octanol–water partition coefficient (Wildman–Crippen LogP) is 4.32. The van der Waals surface area contributed by atoms with Crippen molar-refractivity contribution in [2.75, 3.05) is 5.32 Å². The van der Waals surface area contributed by atoms with E-state index in [0.717, 1.165) is 11.1 Å². The van der Waals surface area contributed by atoms with E-state index in [1.54, 1.807) is 30.3 Å². The standard InChI is InChI=1S/C21H17N3O2/c25-16-10-11-17-18(12-16)23-20(14-6-2-1-3-7-14)21(24-17)22-13-15-8-4-5-9-19(15)26/h1-12,25-26H,13H2,(H,22,24). The molecule has 5 heteroatoms. The molecule has 0 aliphatic rings. The van der Waals surface area contributed by atoms with E-state index in [4.69, 9.17) is 4.98 Å². The molecular formula is C21H17N3O2. The second-order valence-corrected chi connectivity index (χ2v) is 5.94. The topological polar surface area (TPSA) is 78.3 Å². The first-order valence-electron chi connectivity index (χ1n) is 8.27. The summed E-state index contributed by atoms with van der Waals surface area (Å²) >= 11 is 0. The Labute approximate surface area is 150 Å². The van der Waals surface area contributed by atoms with Crippen LogP contribution in [0.4, 0.5) is 5.82 Å². The molecule has 0 atom stereocenters. The summed E-state index contributed by atoms with van der Waals surface area (Å²) in [6.45, 7) is 0.421. The minimum Gasteiger partial charge on any atom is -0.508 e. The number of nitrogens with one attached hydrogen (secondary N) is 1. The first-order chi connectivity index (χ1) is 12.7. The molecule has 26 heavy (non-hydrogen) atoms. The molecule has 1 aromatic heterocycles. The lowest BCUT2D eigenvalue weighted by molar-refractivity contribution is 0.469. The SMILES string of the molecule is Oc1ccc2nc(NCc3ccccc3O)c(-c3ccccc3)nc2c1. The summed E-state index contributed by atoms with van der Waals surface area (Å²) in [7, 11) is 0. The normalized spacial score (nSPS) is 10.8. The molecule has 4 aromatic rings. The van der Waals surface area contributed by atoms with E-state index in [1.165, 1.54) is 0 Å². The fraction of sp³-hybridized carbons (Fsp3) is 0.0476. The van der Waals surface area contributed by atoms with Crippen molar-refractivity contribution >= 4 is 16.9 Å². The number of phenolic OH excluding ortho intramolecular Hbond substituents is 2. The number of para-hydroxylation sites is 1. The molecule has 0 radical (unpaired) electrons. The number of fused-ring (bicyclic) bond motifs is 1. The van der Waals surface area contributed by atoms with Gasteiger partial charge in [-0.15, -0.1) is 0 Å². The Morgan fingerprint density at radius 2 is 1.54 bits per heavy atom. The van der Waals surface area contributed by atoms with E-state index >= 15 is 0 Å². The molecule has 0 saturated carbocycles. The van der Waals surface area contributed by atoms with Gasteiger partial charge in [-0.05, 0) is 18.2 Å². The first-order valence-corrected chi connectivity index (χ1v) is 8.27. The smallest absolute Gasteiger partial charge is 0.153 e. The number of hydrogen-bond acceptors (Lipinski definition) is 5. The largest absolute Gasteiger partial charge is 0.508 e. The van der Waals surface area contributed by atoms with Gasteiger partial charge in [0.25, 0.3) is 0 Å². The number of nitrogens with zero attached hydrogens (tertiary/aromatic N) is 2. The van der Waals surface area contributed by atoms with Crippen molar-refractivity contribution in [3.8, 4) is 22.8 Å². The molecule has 5 nitrogen and oxygen atoms in total. The number of anilines is 1. The Morgan fingerprint density at radius 3 is 2.35 bits per heavy atom. The van der Waals surface area contributed by atoms with Gasteiger partial charge in [-0.3, -0.25) is 0 Å².